The second-order valence-corrected chi connectivity index (χ2v) is 5.55. The molecule has 2 rings (SSSR count). The summed E-state index contributed by atoms with van der Waals surface area (Å²) in [6, 6.07) is 7.61. The number of morpholine rings is 1. The highest BCUT2D eigenvalue weighted by atomic mass is 16.5. The number of carbonyl (C=O) groups is 1. The molecular weight excluding hydrogens is 268 g/mol. The van der Waals surface area contributed by atoms with Gasteiger partial charge in [-0.25, -0.2) is 0 Å². The van der Waals surface area contributed by atoms with Gasteiger partial charge in [0, 0.05) is 26.7 Å². The molecule has 1 aromatic carbocycles. The quantitative estimate of drug-likeness (QED) is 0.813. The zero-order valence-corrected chi connectivity index (χ0v) is 13.0. The summed E-state index contributed by atoms with van der Waals surface area (Å²) in [6.45, 7) is 3.21. The first-order chi connectivity index (χ1) is 10.1. The average molecular weight is 292 g/mol. The highest BCUT2D eigenvalue weighted by Gasteiger charge is 2.21. The molecule has 116 valence electrons. The highest BCUT2D eigenvalue weighted by Crippen LogP contribution is 2.12. The van der Waals surface area contributed by atoms with Crippen LogP contribution >= 0.6 is 0 Å². The normalized spacial score (nSPS) is 19.3. The maximum atomic E-state index is 12.2. The van der Waals surface area contributed by atoms with Crippen molar-refractivity contribution in [2.45, 2.75) is 12.5 Å². The molecule has 1 aliphatic rings. The lowest BCUT2D eigenvalue weighted by molar-refractivity contribution is -0.132. The summed E-state index contributed by atoms with van der Waals surface area (Å²) in [6.07, 6.45) is 0.511. The standard InChI is InChI=1S/C16H24N2O3/c1-17-8-9-21-15(11-17)12-18(2)16(19)10-13-4-6-14(20-3)7-5-13/h4-7,15H,8-12H2,1-3H3. The molecule has 0 saturated carbocycles. The Kier molecular flexibility index (Phi) is 5.59. The number of ether oxygens (including phenoxy) is 2. The van der Waals surface area contributed by atoms with E-state index in [0.717, 1.165) is 31.0 Å². The number of rotatable bonds is 5. The van der Waals surface area contributed by atoms with Gasteiger partial charge in [0.2, 0.25) is 5.91 Å². The zero-order chi connectivity index (χ0) is 15.2. The van der Waals surface area contributed by atoms with E-state index in [1.165, 1.54) is 0 Å². The maximum Gasteiger partial charge on any atom is 0.226 e. The second kappa shape index (κ2) is 7.43. The van der Waals surface area contributed by atoms with Gasteiger partial charge < -0.3 is 19.3 Å². The minimum atomic E-state index is 0.105. The van der Waals surface area contributed by atoms with Crippen LogP contribution in [0.1, 0.15) is 5.56 Å². The Morgan fingerprint density at radius 3 is 2.76 bits per heavy atom. The van der Waals surface area contributed by atoms with E-state index in [4.69, 9.17) is 9.47 Å². The number of methoxy groups -OCH3 is 1. The third-order valence-electron chi connectivity index (χ3n) is 3.76. The van der Waals surface area contributed by atoms with Gasteiger partial charge in [-0.2, -0.15) is 0 Å². The van der Waals surface area contributed by atoms with E-state index < -0.39 is 0 Å². The Morgan fingerprint density at radius 2 is 2.14 bits per heavy atom. The molecular formula is C16H24N2O3. The van der Waals surface area contributed by atoms with Gasteiger partial charge in [-0.15, -0.1) is 0 Å². The molecule has 5 nitrogen and oxygen atoms in total. The topological polar surface area (TPSA) is 42.0 Å². The molecule has 1 fully saturated rings. The molecule has 1 heterocycles. The van der Waals surface area contributed by atoms with Crippen LogP contribution in [0.4, 0.5) is 0 Å². The average Bonchev–Trinajstić information content (AvgIpc) is 2.48. The zero-order valence-electron chi connectivity index (χ0n) is 13.0. The van der Waals surface area contributed by atoms with Crippen LogP contribution in [0.2, 0.25) is 0 Å². The third-order valence-corrected chi connectivity index (χ3v) is 3.76. The molecule has 5 heteroatoms. The van der Waals surface area contributed by atoms with E-state index in [-0.39, 0.29) is 12.0 Å². The Hall–Kier alpha value is -1.59. The molecule has 21 heavy (non-hydrogen) atoms. The fraction of sp³-hybridized carbons (Fsp3) is 0.562. The van der Waals surface area contributed by atoms with Crippen LogP contribution in [0.15, 0.2) is 24.3 Å². The SMILES string of the molecule is COc1ccc(CC(=O)N(C)CC2CN(C)CCO2)cc1. The van der Waals surface area contributed by atoms with Crippen LogP contribution < -0.4 is 4.74 Å². The van der Waals surface area contributed by atoms with Gasteiger partial charge in [0.1, 0.15) is 5.75 Å². The Labute approximate surface area is 126 Å². The largest absolute Gasteiger partial charge is 0.497 e. The lowest BCUT2D eigenvalue weighted by atomic mass is 10.1. The number of amides is 1. The van der Waals surface area contributed by atoms with Gasteiger partial charge in [-0.1, -0.05) is 12.1 Å². The van der Waals surface area contributed by atoms with E-state index in [1.807, 2.05) is 31.3 Å². The van der Waals surface area contributed by atoms with E-state index in [2.05, 4.69) is 11.9 Å². The lowest BCUT2D eigenvalue weighted by Crippen LogP contribution is -2.46. The maximum absolute atomic E-state index is 12.2. The van der Waals surface area contributed by atoms with Crippen molar-refractivity contribution in [1.29, 1.82) is 0 Å². The van der Waals surface area contributed by atoms with E-state index >= 15 is 0 Å². The van der Waals surface area contributed by atoms with Crippen LogP contribution in [-0.4, -0.2) is 69.3 Å². The second-order valence-electron chi connectivity index (χ2n) is 5.55. The monoisotopic (exact) mass is 292 g/mol. The van der Waals surface area contributed by atoms with Crippen LogP contribution in [0.3, 0.4) is 0 Å². The summed E-state index contributed by atoms with van der Waals surface area (Å²) in [5.41, 5.74) is 0.995. The number of hydrogen-bond acceptors (Lipinski definition) is 4. The molecule has 1 aliphatic heterocycles. The summed E-state index contributed by atoms with van der Waals surface area (Å²) < 4.78 is 10.8. The van der Waals surface area contributed by atoms with E-state index in [9.17, 15) is 4.79 Å². The van der Waals surface area contributed by atoms with Crippen molar-refractivity contribution >= 4 is 5.91 Å². The highest BCUT2D eigenvalue weighted by molar-refractivity contribution is 5.78. The van der Waals surface area contributed by atoms with Crippen molar-refractivity contribution in [3.63, 3.8) is 0 Å². The predicted molar refractivity (Wildman–Crippen MR) is 81.6 cm³/mol. The molecule has 0 aliphatic carbocycles. The van der Waals surface area contributed by atoms with E-state index in [1.54, 1.807) is 12.0 Å². The summed E-state index contributed by atoms with van der Waals surface area (Å²) in [5.74, 6) is 0.912. The smallest absolute Gasteiger partial charge is 0.226 e. The first kappa shape index (κ1) is 15.8. The van der Waals surface area contributed by atoms with Gasteiger partial charge in [-0.05, 0) is 24.7 Å². The van der Waals surface area contributed by atoms with Crippen molar-refractivity contribution in [3.8, 4) is 5.75 Å². The molecule has 1 atom stereocenters. The van der Waals surface area contributed by atoms with Crippen LogP contribution in [0, 0.1) is 0 Å². The van der Waals surface area contributed by atoms with Gasteiger partial charge in [0.15, 0.2) is 0 Å². The Balaban J connectivity index is 1.83. The van der Waals surface area contributed by atoms with Crippen LogP contribution in [0.5, 0.6) is 5.75 Å². The van der Waals surface area contributed by atoms with Crippen molar-refractivity contribution in [3.05, 3.63) is 29.8 Å². The van der Waals surface area contributed by atoms with Gasteiger partial charge in [-0.3, -0.25) is 4.79 Å². The van der Waals surface area contributed by atoms with Crippen molar-refractivity contribution in [2.75, 3.05) is 47.4 Å². The summed E-state index contributed by atoms with van der Waals surface area (Å²) >= 11 is 0. The van der Waals surface area contributed by atoms with Crippen molar-refractivity contribution in [1.82, 2.24) is 9.80 Å². The Bertz CT molecular complexity index is 461. The first-order valence-corrected chi connectivity index (χ1v) is 7.25. The third kappa shape index (κ3) is 4.72. The number of benzene rings is 1. The Morgan fingerprint density at radius 1 is 1.43 bits per heavy atom. The van der Waals surface area contributed by atoms with Crippen LogP contribution in [0.25, 0.3) is 0 Å². The van der Waals surface area contributed by atoms with Gasteiger partial charge in [0.25, 0.3) is 0 Å². The molecule has 1 amide bonds. The van der Waals surface area contributed by atoms with Crippen molar-refractivity contribution < 1.29 is 14.3 Å². The minimum absolute atomic E-state index is 0.105. The minimum Gasteiger partial charge on any atom is -0.497 e. The number of nitrogens with zero attached hydrogens (tertiary/aromatic N) is 2. The lowest BCUT2D eigenvalue weighted by Gasteiger charge is -2.32. The molecule has 0 radical (unpaired) electrons. The number of hydrogen-bond donors (Lipinski definition) is 0. The molecule has 0 N–H and O–H groups in total. The molecule has 0 aromatic heterocycles. The fourth-order valence-electron chi connectivity index (χ4n) is 2.44. The molecule has 1 saturated heterocycles. The summed E-state index contributed by atoms with van der Waals surface area (Å²) in [4.78, 5) is 16.2. The molecule has 1 unspecified atom stereocenters. The number of carbonyl (C=O) groups excluding carboxylic acids is 1. The molecule has 0 bridgehead atoms. The number of likely N-dealkylation sites (N-methyl/N-ethyl adjacent to an activating group) is 2. The summed E-state index contributed by atoms with van der Waals surface area (Å²) in [5, 5.41) is 0. The first-order valence-electron chi connectivity index (χ1n) is 7.25. The van der Waals surface area contributed by atoms with Gasteiger partial charge in [0.05, 0.1) is 26.2 Å². The van der Waals surface area contributed by atoms with Crippen LogP contribution in [-0.2, 0) is 16.0 Å². The fourth-order valence-corrected chi connectivity index (χ4v) is 2.44. The molecule has 1 aromatic rings. The van der Waals surface area contributed by atoms with E-state index in [0.29, 0.717) is 13.0 Å². The molecule has 0 spiro atoms. The predicted octanol–water partition coefficient (Wildman–Crippen LogP) is 1.03. The van der Waals surface area contributed by atoms with Gasteiger partial charge >= 0.3 is 0 Å². The summed E-state index contributed by atoms with van der Waals surface area (Å²) in [7, 11) is 5.55. The van der Waals surface area contributed by atoms with Crippen molar-refractivity contribution in [2.24, 2.45) is 0 Å².